The average molecular weight is 260 g/mol. The van der Waals surface area contributed by atoms with E-state index < -0.39 is 11.1 Å². The van der Waals surface area contributed by atoms with Gasteiger partial charge in [0.25, 0.3) is 0 Å². The first kappa shape index (κ1) is 15.1. The summed E-state index contributed by atoms with van der Waals surface area (Å²) < 4.78 is 22.7. The highest BCUT2D eigenvalue weighted by Gasteiger charge is 2.27. The maximum atomic E-state index is 11.4. The molecule has 1 heterocycles. The number of rotatable bonds is 7. The molecule has 1 fully saturated rings. The molecular weight excluding hydrogens is 234 g/mol. The van der Waals surface area contributed by atoms with Gasteiger partial charge in [-0.25, -0.2) is 0 Å². The fourth-order valence-corrected chi connectivity index (χ4v) is 3.64. The van der Waals surface area contributed by atoms with Crippen LogP contribution < -0.4 is 0 Å². The van der Waals surface area contributed by atoms with Gasteiger partial charge in [-0.05, 0) is 38.8 Å². The van der Waals surface area contributed by atoms with E-state index in [0.29, 0.717) is 0 Å². The zero-order chi connectivity index (χ0) is 12.7. The molecule has 0 aromatic carbocycles. The van der Waals surface area contributed by atoms with Crippen LogP contribution in [0.5, 0.6) is 0 Å². The van der Waals surface area contributed by atoms with Gasteiger partial charge in [-0.1, -0.05) is 44.2 Å². The van der Waals surface area contributed by atoms with Crippen molar-refractivity contribution in [1.82, 2.24) is 4.90 Å². The van der Waals surface area contributed by atoms with E-state index >= 15 is 0 Å². The normalized spacial score (nSPS) is 23.2. The molecule has 0 aromatic rings. The second-order valence-corrected chi connectivity index (χ2v) is 6.14. The lowest BCUT2D eigenvalue weighted by Gasteiger charge is -2.39. The highest BCUT2D eigenvalue weighted by molar-refractivity contribution is 7.79. The van der Waals surface area contributed by atoms with Crippen molar-refractivity contribution in [1.29, 1.82) is 0 Å². The van der Waals surface area contributed by atoms with Gasteiger partial charge in [0.05, 0.1) is 0 Å². The van der Waals surface area contributed by atoms with Crippen molar-refractivity contribution < 1.29 is 8.76 Å². The molecule has 17 heavy (non-hydrogen) atoms. The Balaban J connectivity index is 2.65. The van der Waals surface area contributed by atoms with Crippen molar-refractivity contribution in [2.75, 3.05) is 13.1 Å². The number of likely N-dealkylation sites (tertiary alicyclic amines) is 1. The van der Waals surface area contributed by atoms with Crippen LogP contribution in [0, 0.1) is 0 Å². The second-order valence-electron chi connectivity index (χ2n) is 5.01. The van der Waals surface area contributed by atoms with E-state index in [1.54, 1.807) is 0 Å². The minimum absolute atomic E-state index is 0.181. The summed E-state index contributed by atoms with van der Waals surface area (Å²) in [6.45, 7) is 6.33. The van der Waals surface area contributed by atoms with Crippen molar-refractivity contribution in [3.63, 3.8) is 0 Å². The van der Waals surface area contributed by atoms with Crippen LogP contribution in [-0.2, 0) is 11.1 Å². The van der Waals surface area contributed by atoms with Crippen LogP contribution in [0.3, 0.4) is 0 Å². The largest absolute Gasteiger partial charge is 0.772 e. The second kappa shape index (κ2) is 8.22. The quantitative estimate of drug-likeness (QED) is 0.661. The minimum atomic E-state index is -1.93. The molecule has 1 aliphatic rings. The maximum Gasteiger partial charge on any atom is 0.0368 e. The lowest BCUT2D eigenvalue weighted by atomic mass is 9.99. The van der Waals surface area contributed by atoms with Crippen molar-refractivity contribution in [2.24, 2.45) is 0 Å². The third kappa shape index (κ3) is 4.68. The first-order chi connectivity index (χ1) is 8.20. The molecule has 3 nitrogen and oxygen atoms in total. The van der Waals surface area contributed by atoms with Crippen LogP contribution in [0.2, 0.25) is 0 Å². The van der Waals surface area contributed by atoms with Gasteiger partial charge in [0, 0.05) is 11.3 Å². The number of hydrogen-bond donors (Lipinski definition) is 0. The zero-order valence-corrected chi connectivity index (χ0v) is 12.0. The standard InChI is InChI=1S/C13H27NO2S/c1-3-5-9-12(13(4-2)17(15)16)14-10-7-6-8-11-14/h12-13H,3-11H2,1-2H3,(H,15,16)/p-1. The number of piperidine rings is 1. The molecule has 0 spiro atoms. The summed E-state index contributed by atoms with van der Waals surface area (Å²) in [6.07, 6.45) is 7.80. The van der Waals surface area contributed by atoms with Gasteiger partial charge in [-0.2, -0.15) is 0 Å². The van der Waals surface area contributed by atoms with Crippen molar-refractivity contribution in [3.05, 3.63) is 0 Å². The van der Waals surface area contributed by atoms with E-state index in [-0.39, 0.29) is 11.3 Å². The molecule has 1 aliphatic heterocycles. The molecule has 3 atom stereocenters. The minimum Gasteiger partial charge on any atom is -0.772 e. The first-order valence-electron chi connectivity index (χ1n) is 7.02. The van der Waals surface area contributed by atoms with Crippen molar-refractivity contribution in [2.45, 2.75) is 70.1 Å². The lowest BCUT2D eigenvalue weighted by Crippen LogP contribution is -2.47. The fourth-order valence-electron chi connectivity index (χ4n) is 2.80. The Bertz CT molecular complexity index is 229. The summed E-state index contributed by atoms with van der Waals surface area (Å²) in [6, 6.07) is 0.249. The molecule has 0 aromatic heterocycles. The molecule has 1 saturated heterocycles. The van der Waals surface area contributed by atoms with Gasteiger partial charge in [-0.3, -0.25) is 9.11 Å². The summed E-state index contributed by atoms with van der Waals surface area (Å²) in [7, 11) is 0. The van der Waals surface area contributed by atoms with Crippen LogP contribution in [0.4, 0.5) is 0 Å². The van der Waals surface area contributed by atoms with Crippen molar-refractivity contribution >= 4 is 11.1 Å². The number of hydrogen-bond acceptors (Lipinski definition) is 3. The van der Waals surface area contributed by atoms with E-state index in [9.17, 15) is 8.76 Å². The first-order valence-corrected chi connectivity index (χ1v) is 8.16. The lowest BCUT2D eigenvalue weighted by molar-refractivity contribution is 0.146. The summed E-state index contributed by atoms with van der Waals surface area (Å²) in [5.41, 5.74) is 0. The topological polar surface area (TPSA) is 43.4 Å². The Kier molecular flexibility index (Phi) is 7.32. The van der Waals surface area contributed by atoms with Gasteiger partial charge < -0.3 is 4.55 Å². The summed E-state index contributed by atoms with van der Waals surface area (Å²) >= 11 is -1.93. The maximum absolute atomic E-state index is 11.4. The Labute approximate surface area is 108 Å². The molecule has 3 unspecified atom stereocenters. The predicted molar refractivity (Wildman–Crippen MR) is 71.7 cm³/mol. The molecule has 0 N–H and O–H groups in total. The zero-order valence-electron chi connectivity index (χ0n) is 11.2. The van der Waals surface area contributed by atoms with E-state index in [0.717, 1.165) is 38.8 Å². The van der Waals surface area contributed by atoms with Crippen LogP contribution in [-0.4, -0.2) is 38.0 Å². The molecule has 0 bridgehead atoms. The average Bonchev–Trinajstić information content (AvgIpc) is 2.35. The fraction of sp³-hybridized carbons (Fsp3) is 1.00. The Hall–Kier alpha value is 0.0700. The van der Waals surface area contributed by atoms with Crippen molar-refractivity contribution in [3.8, 4) is 0 Å². The van der Waals surface area contributed by atoms with Gasteiger partial charge in [0.2, 0.25) is 0 Å². The van der Waals surface area contributed by atoms with Gasteiger partial charge in [0.1, 0.15) is 0 Å². The monoisotopic (exact) mass is 260 g/mol. The van der Waals surface area contributed by atoms with Crippen LogP contribution in [0.1, 0.15) is 58.8 Å². The summed E-state index contributed by atoms with van der Waals surface area (Å²) in [5.74, 6) is 0. The third-order valence-electron chi connectivity index (χ3n) is 3.79. The van der Waals surface area contributed by atoms with E-state index in [2.05, 4.69) is 11.8 Å². The smallest absolute Gasteiger partial charge is 0.0368 e. The molecular formula is C13H26NO2S-. The number of nitrogens with zero attached hydrogens (tertiary/aromatic N) is 1. The van der Waals surface area contributed by atoms with Crippen LogP contribution in [0.15, 0.2) is 0 Å². The van der Waals surface area contributed by atoms with E-state index in [1.165, 1.54) is 19.3 Å². The molecule has 0 aliphatic carbocycles. The van der Waals surface area contributed by atoms with Crippen LogP contribution >= 0.6 is 0 Å². The highest BCUT2D eigenvalue weighted by Crippen LogP contribution is 2.22. The van der Waals surface area contributed by atoms with E-state index in [4.69, 9.17) is 0 Å². The van der Waals surface area contributed by atoms with Crippen LogP contribution in [0.25, 0.3) is 0 Å². The SMILES string of the molecule is CCCCC(C(CC)S(=O)[O-])N1CCCCC1. The Morgan fingerprint density at radius 1 is 1.24 bits per heavy atom. The molecule has 4 heteroatoms. The molecule has 0 saturated carbocycles. The molecule has 0 amide bonds. The van der Waals surface area contributed by atoms with Gasteiger partial charge in [-0.15, -0.1) is 0 Å². The molecule has 1 rings (SSSR count). The van der Waals surface area contributed by atoms with Gasteiger partial charge in [0.15, 0.2) is 0 Å². The van der Waals surface area contributed by atoms with Gasteiger partial charge >= 0.3 is 0 Å². The predicted octanol–water partition coefficient (Wildman–Crippen LogP) is 2.69. The third-order valence-corrected chi connectivity index (χ3v) is 4.93. The summed E-state index contributed by atoms with van der Waals surface area (Å²) in [4.78, 5) is 2.42. The highest BCUT2D eigenvalue weighted by atomic mass is 32.2. The molecule has 102 valence electrons. The Morgan fingerprint density at radius 3 is 2.35 bits per heavy atom. The molecule has 0 radical (unpaired) electrons. The number of unbranched alkanes of at least 4 members (excludes halogenated alkanes) is 1. The Morgan fingerprint density at radius 2 is 1.88 bits per heavy atom. The summed E-state index contributed by atoms with van der Waals surface area (Å²) in [5, 5.41) is -0.181. The van der Waals surface area contributed by atoms with E-state index in [1.807, 2.05) is 6.92 Å².